The number of nitrogens with one attached hydrogen (secondary N) is 2. The van der Waals surface area contributed by atoms with Crippen molar-refractivity contribution in [2.45, 2.75) is 6.54 Å². The van der Waals surface area contributed by atoms with Crippen LogP contribution in [0.4, 0.5) is 0 Å². The summed E-state index contributed by atoms with van der Waals surface area (Å²) >= 11 is 0. The van der Waals surface area contributed by atoms with Crippen LogP contribution < -0.4 is 15.4 Å². The van der Waals surface area contributed by atoms with Gasteiger partial charge in [0.1, 0.15) is 5.75 Å². The Kier molecular flexibility index (Phi) is 5.82. The maximum Gasteiger partial charge on any atom is 0.234 e. The average molecular weight is 234 g/mol. The van der Waals surface area contributed by atoms with E-state index in [1.807, 2.05) is 24.3 Å². The molecule has 0 radical (unpaired) electrons. The van der Waals surface area contributed by atoms with Gasteiger partial charge in [0, 0.05) is 18.7 Å². The molecular formula is C13H18N2O2. The molecule has 0 atom stereocenters. The van der Waals surface area contributed by atoms with Crippen LogP contribution in [0.1, 0.15) is 5.56 Å². The number of carbonyl (C=O) groups excluding carboxylic acids is 1. The summed E-state index contributed by atoms with van der Waals surface area (Å²) in [5, 5.41) is 5.76. The normalized spacial score (nSPS) is 9.71. The van der Waals surface area contributed by atoms with Gasteiger partial charge in [0.2, 0.25) is 5.91 Å². The molecule has 0 saturated heterocycles. The van der Waals surface area contributed by atoms with Gasteiger partial charge in [-0.2, -0.15) is 0 Å². The highest BCUT2D eigenvalue weighted by Gasteiger charge is 2.02. The predicted octanol–water partition coefficient (Wildman–Crippen LogP) is 1.09. The predicted molar refractivity (Wildman–Crippen MR) is 67.9 cm³/mol. The van der Waals surface area contributed by atoms with Gasteiger partial charge in [-0.05, 0) is 6.07 Å². The third-order valence-corrected chi connectivity index (χ3v) is 2.24. The van der Waals surface area contributed by atoms with Gasteiger partial charge in [-0.15, -0.1) is 6.58 Å². The number of methoxy groups -OCH3 is 1. The van der Waals surface area contributed by atoms with Crippen LogP contribution in [0.5, 0.6) is 5.75 Å². The molecule has 0 aromatic heterocycles. The van der Waals surface area contributed by atoms with Crippen molar-refractivity contribution in [1.29, 1.82) is 0 Å². The van der Waals surface area contributed by atoms with Gasteiger partial charge < -0.3 is 15.4 Å². The van der Waals surface area contributed by atoms with Crippen LogP contribution in [0.3, 0.4) is 0 Å². The van der Waals surface area contributed by atoms with Crippen LogP contribution in [-0.4, -0.2) is 26.1 Å². The summed E-state index contributed by atoms with van der Waals surface area (Å²) in [6, 6.07) is 7.72. The van der Waals surface area contributed by atoms with Crippen LogP contribution in [-0.2, 0) is 11.3 Å². The Hall–Kier alpha value is -1.81. The van der Waals surface area contributed by atoms with Gasteiger partial charge in [-0.25, -0.2) is 0 Å². The zero-order chi connectivity index (χ0) is 12.5. The molecule has 1 aromatic carbocycles. The highest BCUT2D eigenvalue weighted by Crippen LogP contribution is 2.16. The lowest BCUT2D eigenvalue weighted by Crippen LogP contribution is -2.33. The fraction of sp³-hybridized carbons (Fsp3) is 0.308. The van der Waals surface area contributed by atoms with E-state index in [9.17, 15) is 4.79 Å². The molecule has 0 saturated carbocycles. The molecule has 0 fully saturated rings. The van der Waals surface area contributed by atoms with Crippen molar-refractivity contribution < 1.29 is 9.53 Å². The Morgan fingerprint density at radius 2 is 2.24 bits per heavy atom. The van der Waals surface area contributed by atoms with Gasteiger partial charge in [0.25, 0.3) is 0 Å². The second-order valence-corrected chi connectivity index (χ2v) is 3.51. The largest absolute Gasteiger partial charge is 0.496 e. The quantitative estimate of drug-likeness (QED) is 0.694. The third kappa shape index (κ3) is 4.70. The van der Waals surface area contributed by atoms with E-state index in [0.29, 0.717) is 13.1 Å². The number of ether oxygens (including phenoxy) is 1. The first-order valence-electron chi connectivity index (χ1n) is 5.48. The fourth-order valence-electron chi connectivity index (χ4n) is 1.41. The molecule has 0 aliphatic carbocycles. The minimum absolute atomic E-state index is 0.0419. The molecule has 0 spiro atoms. The molecule has 0 heterocycles. The lowest BCUT2D eigenvalue weighted by atomic mass is 10.2. The minimum Gasteiger partial charge on any atom is -0.496 e. The first kappa shape index (κ1) is 13.3. The summed E-state index contributed by atoms with van der Waals surface area (Å²) in [6.07, 6.45) is 1.65. The highest BCUT2D eigenvalue weighted by atomic mass is 16.5. The average Bonchev–Trinajstić information content (AvgIpc) is 2.37. The maximum absolute atomic E-state index is 11.3. The molecule has 1 rings (SSSR count). The van der Waals surface area contributed by atoms with E-state index in [0.717, 1.165) is 11.3 Å². The Labute approximate surface area is 102 Å². The second kappa shape index (κ2) is 7.46. The standard InChI is InChI=1S/C13H18N2O2/c1-3-8-15-13(16)10-14-9-11-6-4-5-7-12(11)17-2/h3-7,14H,1,8-10H2,2H3,(H,15,16). The molecule has 17 heavy (non-hydrogen) atoms. The number of amides is 1. The molecule has 1 aromatic rings. The van der Waals surface area contributed by atoms with Gasteiger partial charge in [0.05, 0.1) is 13.7 Å². The summed E-state index contributed by atoms with van der Waals surface area (Å²) in [5.74, 6) is 0.784. The number of carbonyl (C=O) groups is 1. The monoisotopic (exact) mass is 234 g/mol. The molecule has 92 valence electrons. The van der Waals surface area contributed by atoms with Crippen LogP contribution in [0.2, 0.25) is 0 Å². The second-order valence-electron chi connectivity index (χ2n) is 3.51. The number of benzene rings is 1. The molecule has 0 aliphatic rings. The molecule has 1 amide bonds. The van der Waals surface area contributed by atoms with Crippen molar-refractivity contribution >= 4 is 5.91 Å². The van der Waals surface area contributed by atoms with Crippen LogP contribution in [0.15, 0.2) is 36.9 Å². The lowest BCUT2D eigenvalue weighted by Gasteiger charge is -2.09. The zero-order valence-electron chi connectivity index (χ0n) is 10.0. The minimum atomic E-state index is -0.0419. The zero-order valence-corrected chi connectivity index (χ0v) is 10.0. The molecular weight excluding hydrogens is 216 g/mol. The molecule has 0 bridgehead atoms. The fourth-order valence-corrected chi connectivity index (χ4v) is 1.41. The number of hydrogen-bond donors (Lipinski definition) is 2. The van der Waals surface area contributed by atoms with E-state index in [1.165, 1.54) is 0 Å². The van der Waals surface area contributed by atoms with Crippen LogP contribution in [0.25, 0.3) is 0 Å². The summed E-state index contributed by atoms with van der Waals surface area (Å²) in [4.78, 5) is 11.3. The molecule has 4 nitrogen and oxygen atoms in total. The van der Waals surface area contributed by atoms with Crippen molar-refractivity contribution in [2.24, 2.45) is 0 Å². The van der Waals surface area contributed by atoms with Gasteiger partial charge >= 0.3 is 0 Å². The van der Waals surface area contributed by atoms with Crippen molar-refractivity contribution in [3.63, 3.8) is 0 Å². The van der Waals surface area contributed by atoms with Crippen molar-refractivity contribution in [2.75, 3.05) is 20.2 Å². The van der Waals surface area contributed by atoms with Crippen LogP contribution in [0, 0.1) is 0 Å². The first-order chi connectivity index (χ1) is 8.27. The smallest absolute Gasteiger partial charge is 0.234 e. The van der Waals surface area contributed by atoms with Crippen molar-refractivity contribution in [3.05, 3.63) is 42.5 Å². The van der Waals surface area contributed by atoms with E-state index < -0.39 is 0 Å². The van der Waals surface area contributed by atoms with Gasteiger partial charge in [0.15, 0.2) is 0 Å². The Morgan fingerprint density at radius 1 is 1.47 bits per heavy atom. The topological polar surface area (TPSA) is 50.4 Å². The molecule has 0 aliphatic heterocycles. The van der Waals surface area contributed by atoms with E-state index >= 15 is 0 Å². The van der Waals surface area contributed by atoms with Gasteiger partial charge in [-0.1, -0.05) is 24.3 Å². The van der Waals surface area contributed by atoms with E-state index in [4.69, 9.17) is 4.74 Å². The summed E-state index contributed by atoms with van der Waals surface area (Å²) in [6.45, 7) is 4.91. The van der Waals surface area contributed by atoms with Gasteiger partial charge in [-0.3, -0.25) is 4.79 Å². The van der Waals surface area contributed by atoms with E-state index in [-0.39, 0.29) is 12.5 Å². The lowest BCUT2D eigenvalue weighted by molar-refractivity contribution is -0.120. The van der Waals surface area contributed by atoms with Crippen molar-refractivity contribution in [3.8, 4) is 5.75 Å². The molecule has 2 N–H and O–H groups in total. The number of rotatable bonds is 7. The Balaban J connectivity index is 2.35. The summed E-state index contributed by atoms with van der Waals surface area (Å²) in [7, 11) is 1.63. The summed E-state index contributed by atoms with van der Waals surface area (Å²) in [5.41, 5.74) is 1.03. The Bertz CT molecular complexity index is 377. The highest BCUT2D eigenvalue weighted by molar-refractivity contribution is 5.78. The number of para-hydroxylation sites is 1. The molecule has 0 unspecified atom stereocenters. The third-order valence-electron chi connectivity index (χ3n) is 2.24. The van der Waals surface area contributed by atoms with Crippen LogP contribution >= 0.6 is 0 Å². The maximum atomic E-state index is 11.3. The summed E-state index contributed by atoms with van der Waals surface area (Å²) < 4.78 is 5.21. The van der Waals surface area contributed by atoms with E-state index in [1.54, 1.807) is 13.2 Å². The number of hydrogen-bond acceptors (Lipinski definition) is 3. The van der Waals surface area contributed by atoms with Crippen molar-refractivity contribution in [1.82, 2.24) is 10.6 Å². The SMILES string of the molecule is C=CCNC(=O)CNCc1ccccc1OC. The molecule has 4 heteroatoms. The Morgan fingerprint density at radius 3 is 2.94 bits per heavy atom. The van der Waals surface area contributed by atoms with E-state index in [2.05, 4.69) is 17.2 Å². The first-order valence-corrected chi connectivity index (χ1v) is 5.48.